The van der Waals surface area contributed by atoms with Gasteiger partial charge < -0.3 is 29.4 Å². The van der Waals surface area contributed by atoms with Gasteiger partial charge in [-0.3, -0.25) is 4.79 Å². The molecule has 0 spiro atoms. The fraction of sp³-hybridized carbons (Fsp3) is 0.407. The fourth-order valence-electron chi connectivity index (χ4n) is 5.29. The first-order valence-corrected chi connectivity index (χ1v) is 12.8. The highest BCUT2D eigenvalue weighted by Gasteiger charge is 2.30. The van der Waals surface area contributed by atoms with Crippen LogP contribution in [0.1, 0.15) is 12.5 Å². The molecule has 5 heterocycles. The molecule has 0 saturated carbocycles. The molecule has 10 heteroatoms. The highest BCUT2D eigenvalue weighted by atomic mass is 16.5. The van der Waals surface area contributed by atoms with Crippen molar-refractivity contribution in [2.45, 2.75) is 13.3 Å². The average Bonchev–Trinajstić information content (AvgIpc) is 3.37. The van der Waals surface area contributed by atoms with Gasteiger partial charge in [0.15, 0.2) is 0 Å². The summed E-state index contributed by atoms with van der Waals surface area (Å²) in [5.41, 5.74) is 3.86. The first-order chi connectivity index (χ1) is 18.1. The Morgan fingerprint density at radius 3 is 2.51 bits per heavy atom. The zero-order valence-corrected chi connectivity index (χ0v) is 21.0. The molecule has 0 atom stereocenters. The normalized spacial score (nSPS) is 17.8. The van der Waals surface area contributed by atoms with Crippen LogP contribution in [0, 0.1) is 0 Å². The SMILES string of the molecule is CC(=O)N1CCN(c2cc(N3CCc4c(-c5cccc(O)c5)nc(N5CCOCC5)nc43)ccn2)CC1. The lowest BCUT2D eigenvalue weighted by molar-refractivity contribution is -0.129. The molecule has 3 aromatic rings. The van der Waals surface area contributed by atoms with Gasteiger partial charge >= 0.3 is 0 Å². The number of nitrogens with zero attached hydrogens (tertiary/aromatic N) is 7. The summed E-state index contributed by atoms with van der Waals surface area (Å²) in [5.74, 6) is 2.82. The van der Waals surface area contributed by atoms with Crippen LogP contribution in [0.4, 0.5) is 23.3 Å². The second-order valence-corrected chi connectivity index (χ2v) is 9.59. The number of anilines is 4. The van der Waals surface area contributed by atoms with E-state index in [0.29, 0.717) is 32.3 Å². The van der Waals surface area contributed by atoms with Crippen molar-refractivity contribution < 1.29 is 14.6 Å². The Hall–Kier alpha value is -3.92. The number of phenols is 1. The lowest BCUT2D eigenvalue weighted by Crippen LogP contribution is -2.48. The van der Waals surface area contributed by atoms with Gasteiger partial charge in [0, 0.05) is 81.8 Å². The van der Waals surface area contributed by atoms with Gasteiger partial charge in [-0.05, 0) is 24.6 Å². The van der Waals surface area contributed by atoms with Gasteiger partial charge in [0.05, 0.1) is 18.9 Å². The molecular weight excluding hydrogens is 470 g/mol. The molecule has 0 radical (unpaired) electrons. The molecule has 3 aliphatic rings. The van der Waals surface area contributed by atoms with Crippen molar-refractivity contribution in [3.8, 4) is 17.0 Å². The maximum absolute atomic E-state index is 11.7. The van der Waals surface area contributed by atoms with Gasteiger partial charge in [-0.15, -0.1) is 0 Å². The van der Waals surface area contributed by atoms with Crippen LogP contribution in [0.3, 0.4) is 0 Å². The van der Waals surface area contributed by atoms with Crippen molar-refractivity contribution in [1.82, 2.24) is 19.9 Å². The summed E-state index contributed by atoms with van der Waals surface area (Å²) < 4.78 is 5.55. The summed E-state index contributed by atoms with van der Waals surface area (Å²) in [6, 6.07) is 11.4. The number of amides is 1. The summed E-state index contributed by atoms with van der Waals surface area (Å²) in [6.07, 6.45) is 2.65. The molecule has 2 saturated heterocycles. The van der Waals surface area contributed by atoms with E-state index in [-0.39, 0.29) is 11.7 Å². The monoisotopic (exact) mass is 501 g/mol. The van der Waals surface area contributed by atoms with Crippen LogP contribution in [0.25, 0.3) is 11.3 Å². The molecule has 37 heavy (non-hydrogen) atoms. The van der Waals surface area contributed by atoms with Crippen molar-refractivity contribution in [3.05, 3.63) is 48.2 Å². The topological polar surface area (TPSA) is 98.2 Å². The largest absolute Gasteiger partial charge is 0.508 e. The van der Waals surface area contributed by atoms with Crippen molar-refractivity contribution in [3.63, 3.8) is 0 Å². The molecule has 192 valence electrons. The van der Waals surface area contributed by atoms with E-state index in [1.54, 1.807) is 19.1 Å². The highest BCUT2D eigenvalue weighted by Crippen LogP contribution is 2.40. The summed E-state index contributed by atoms with van der Waals surface area (Å²) in [4.78, 5) is 34.9. The van der Waals surface area contributed by atoms with Crippen LogP contribution in [0.5, 0.6) is 5.75 Å². The minimum atomic E-state index is 0.119. The highest BCUT2D eigenvalue weighted by molar-refractivity contribution is 5.78. The standard InChI is InChI=1S/C27H31N7O3/c1-19(35)31-9-11-32(12-10-31)24-18-21(5-7-28-24)34-8-6-23-25(20-3-2-4-22(36)17-20)29-27(30-26(23)34)33-13-15-37-16-14-33/h2-5,7,17-18,36H,6,8-16H2,1H3. The molecule has 0 aliphatic carbocycles. The van der Waals surface area contributed by atoms with Gasteiger partial charge in [-0.1, -0.05) is 12.1 Å². The second kappa shape index (κ2) is 9.85. The average molecular weight is 502 g/mol. The Labute approximate surface area is 216 Å². The summed E-state index contributed by atoms with van der Waals surface area (Å²) in [7, 11) is 0. The van der Waals surface area contributed by atoms with Crippen LogP contribution in [-0.2, 0) is 16.0 Å². The minimum absolute atomic E-state index is 0.119. The van der Waals surface area contributed by atoms with E-state index < -0.39 is 0 Å². The predicted octanol–water partition coefficient (Wildman–Crippen LogP) is 2.44. The Kier molecular flexibility index (Phi) is 6.25. The summed E-state index contributed by atoms with van der Waals surface area (Å²) >= 11 is 0. The summed E-state index contributed by atoms with van der Waals surface area (Å²) in [5, 5.41) is 10.2. The third-order valence-corrected chi connectivity index (χ3v) is 7.32. The number of carbonyl (C=O) groups excluding carboxylic acids is 1. The van der Waals surface area contributed by atoms with Gasteiger partial charge in [-0.2, -0.15) is 4.98 Å². The number of aromatic hydroxyl groups is 1. The van der Waals surface area contributed by atoms with E-state index in [0.717, 1.165) is 73.3 Å². The van der Waals surface area contributed by atoms with Crippen LogP contribution in [0.15, 0.2) is 42.6 Å². The quantitative estimate of drug-likeness (QED) is 0.578. The number of aromatic nitrogens is 3. The molecule has 1 N–H and O–H groups in total. The molecule has 2 aromatic heterocycles. The lowest BCUT2D eigenvalue weighted by Gasteiger charge is -2.35. The number of rotatable bonds is 4. The maximum Gasteiger partial charge on any atom is 0.228 e. The molecule has 3 aliphatic heterocycles. The molecule has 0 bridgehead atoms. The van der Waals surface area contributed by atoms with Crippen LogP contribution < -0.4 is 14.7 Å². The molecule has 2 fully saturated rings. The predicted molar refractivity (Wildman–Crippen MR) is 142 cm³/mol. The van der Waals surface area contributed by atoms with Crippen molar-refractivity contribution in [2.24, 2.45) is 0 Å². The van der Waals surface area contributed by atoms with E-state index in [1.807, 2.05) is 29.3 Å². The van der Waals surface area contributed by atoms with Crippen LogP contribution in [-0.4, -0.2) is 89.9 Å². The number of morpholine rings is 1. The van der Waals surface area contributed by atoms with E-state index in [1.165, 1.54) is 0 Å². The maximum atomic E-state index is 11.7. The number of pyridine rings is 1. The molecule has 1 aromatic carbocycles. The lowest BCUT2D eigenvalue weighted by atomic mass is 10.1. The zero-order chi connectivity index (χ0) is 25.4. The van der Waals surface area contributed by atoms with Crippen molar-refractivity contribution in [1.29, 1.82) is 0 Å². The van der Waals surface area contributed by atoms with Crippen LogP contribution in [0.2, 0.25) is 0 Å². The number of hydrogen-bond donors (Lipinski definition) is 1. The number of ether oxygens (including phenoxy) is 1. The number of carbonyl (C=O) groups is 1. The Balaban J connectivity index is 1.36. The molecule has 0 unspecified atom stereocenters. The smallest absolute Gasteiger partial charge is 0.228 e. The zero-order valence-electron chi connectivity index (χ0n) is 21.0. The van der Waals surface area contributed by atoms with E-state index in [9.17, 15) is 9.90 Å². The van der Waals surface area contributed by atoms with E-state index >= 15 is 0 Å². The van der Waals surface area contributed by atoms with E-state index in [4.69, 9.17) is 14.7 Å². The molecule has 6 rings (SSSR count). The van der Waals surface area contributed by atoms with Crippen LogP contribution >= 0.6 is 0 Å². The first-order valence-electron chi connectivity index (χ1n) is 12.8. The summed E-state index contributed by atoms with van der Waals surface area (Å²) in [6.45, 7) is 8.12. The third kappa shape index (κ3) is 4.64. The Morgan fingerprint density at radius 2 is 1.76 bits per heavy atom. The Morgan fingerprint density at radius 1 is 0.946 bits per heavy atom. The second-order valence-electron chi connectivity index (χ2n) is 9.59. The third-order valence-electron chi connectivity index (χ3n) is 7.32. The number of fused-ring (bicyclic) bond motifs is 1. The van der Waals surface area contributed by atoms with Gasteiger partial charge in [0.25, 0.3) is 0 Å². The fourth-order valence-corrected chi connectivity index (χ4v) is 5.29. The van der Waals surface area contributed by atoms with Crippen molar-refractivity contribution >= 4 is 29.2 Å². The Bertz CT molecular complexity index is 1300. The van der Waals surface area contributed by atoms with Gasteiger partial charge in [0.2, 0.25) is 11.9 Å². The van der Waals surface area contributed by atoms with Crippen molar-refractivity contribution in [2.75, 3.05) is 73.7 Å². The molecular formula is C27H31N7O3. The number of hydrogen-bond acceptors (Lipinski definition) is 9. The minimum Gasteiger partial charge on any atom is -0.508 e. The van der Waals surface area contributed by atoms with Gasteiger partial charge in [-0.25, -0.2) is 9.97 Å². The first kappa shape index (κ1) is 23.5. The number of benzene rings is 1. The number of piperazine rings is 1. The number of phenolic OH excluding ortho intramolecular Hbond substituents is 1. The molecule has 1 amide bonds. The molecule has 10 nitrogen and oxygen atoms in total. The van der Waals surface area contributed by atoms with E-state index in [2.05, 4.69) is 25.8 Å². The van der Waals surface area contributed by atoms with Gasteiger partial charge in [0.1, 0.15) is 17.4 Å².